The van der Waals surface area contributed by atoms with Gasteiger partial charge < -0.3 is 20.1 Å². The van der Waals surface area contributed by atoms with E-state index in [4.69, 9.17) is 4.74 Å². The third-order valence-corrected chi connectivity index (χ3v) is 5.52. The predicted octanol–water partition coefficient (Wildman–Crippen LogP) is 1.09. The molecule has 2 aliphatic rings. The minimum absolute atomic E-state index is 0.0855. The molecule has 132 valence electrons. The van der Waals surface area contributed by atoms with E-state index >= 15 is 0 Å². The summed E-state index contributed by atoms with van der Waals surface area (Å²) in [5.74, 6) is 2.35. The van der Waals surface area contributed by atoms with Gasteiger partial charge in [0.15, 0.2) is 5.96 Å². The number of rotatable bonds is 5. The molecule has 0 amide bonds. The van der Waals surface area contributed by atoms with E-state index in [1.54, 1.807) is 11.8 Å². The Kier molecular flexibility index (Phi) is 7.02. The number of hydrogen-bond donors (Lipinski definition) is 2. The highest BCUT2D eigenvalue weighted by molar-refractivity contribution is 7.99. The van der Waals surface area contributed by atoms with Gasteiger partial charge in [0.2, 0.25) is 0 Å². The molecular formula is C16H29N3O3S. The topological polar surface area (TPSA) is 74.2 Å². The first-order valence-corrected chi connectivity index (χ1v) is 9.73. The molecule has 2 aliphatic heterocycles. The zero-order chi connectivity index (χ0) is 16.7. The summed E-state index contributed by atoms with van der Waals surface area (Å²) in [6.07, 6.45) is 2.62. The van der Waals surface area contributed by atoms with Crippen LogP contribution in [0.2, 0.25) is 0 Å². The Morgan fingerprint density at radius 3 is 3.00 bits per heavy atom. The van der Waals surface area contributed by atoms with Crippen molar-refractivity contribution < 1.29 is 14.6 Å². The molecule has 0 bridgehead atoms. The molecule has 2 fully saturated rings. The molecule has 2 N–H and O–H groups in total. The lowest BCUT2D eigenvalue weighted by Crippen LogP contribution is -2.49. The number of nitrogens with one attached hydrogen (secondary N) is 1. The maximum absolute atomic E-state index is 12.0. The molecule has 7 heteroatoms. The second kappa shape index (κ2) is 8.78. The minimum atomic E-state index is -0.679. The molecule has 0 radical (unpaired) electrons. The molecular weight excluding hydrogens is 314 g/mol. The number of hydrogen-bond acceptors (Lipinski definition) is 5. The minimum Gasteiger partial charge on any atom is -0.466 e. The number of carbonyl (C=O) groups is 1. The summed E-state index contributed by atoms with van der Waals surface area (Å²) >= 11 is 1.78. The Morgan fingerprint density at radius 2 is 2.35 bits per heavy atom. The van der Waals surface area contributed by atoms with Crippen LogP contribution in [0.15, 0.2) is 4.99 Å². The largest absolute Gasteiger partial charge is 0.466 e. The molecule has 0 saturated carbocycles. The highest BCUT2D eigenvalue weighted by Crippen LogP contribution is 2.28. The van der Waals surface area contributed by atoms with Crippen LogP contribution in [0.1, 0.15) is 33.1 Å². The highest BCUT2D eigenvalue weighted by atomic mass is 32.2. The van der Waals surface area contributed by atoms with E-state index in [0.29, 0.717) is 19.7 Å². The Labute approximate surface area is 143 Å². The van der Waals surface area contributed by atoms with Gasteiger partial charge in [0.25, 0.3) is 0 Å². The van der Waals surface area contributed by atoms with Crippen molar-refractivity contribution in [2.24, 2.45) is 10.9 Å². The van der Waals surface area contributed by atoms with Crippen LogP contribution in [0.5, 0.6) is 0 Å². The fourth-order valence-corrected chi connectivity index (χ4v) is 4.28. The van der Waals surface area contributed by atoms with Gasteiger partial charge in [-0.25, -0.2) is 0 Å². The maximum atomic E-state index is 12.0. The first-order chi connectivity index (χ1) is 11.1. The molecule has 0 spiro atoms. The van der Waals surface area contributed by atoms with Crippen LogP contribution in [0.25, 0.3) is 0 Å². The predicted molar refractivity (Wildman–Crippen MR) is 93.8 cm³/mol. The summed E-state index contributed by atoms with van der Waals surface area (Å²) in [6.45, 7) is 7.00. The first-order valence-electron chi connectivity index (χ1n) is 8.58. The Balaban J connectivity index is 1.99. The number of esters is 1. The zero-order valence-electron chi connectivity index (χ0n) is 14.2. The van der Waals surface area contributed by atoms with Gasteiger partial charge in [-0.2, -0.15) is 11.8 Å². The number of piperidine rings is 1. The zero-order valence-corrected chi connectivity index (χ0v) is 15.0. The number of nitrogens with zero attached hydrogens (tertiary/aromatic N) is 2. The van der Waals surface area contributed by atoms with Crippen LogP contribution in [0.3, 0.4) is 0 Å². The van der Waals surface area contributed by atoms with Crippen LogP contribution >= 0.6 is 11.8 Å². The number of likely N-dealkylation sites (tertiary alicyclic amines) is 1. The lowest BCUT2D eigenvalue weighted by atomic mass is 9.98. The molecule has 2 heterocycles. The molecule has 0 aromatic rings. The van der Waals surface area contributed by atoms with Crippen LogP contribution < -0.4 is 5.32 Å². The van der Waals surface area contributed by atoms with Gasteiger partial charge in [-0.15, -0.1) is 0 Å². The number of carbonyl (C=O) groups excluding carboxylic acids is 1. The van der Waals surface area contributed by atoms with Gasteiger partial charge in [0, 0.05) is 25.4 Å². The number of thioether (sulfide) groups is 1. The van der Waals surface area contributed by atoms with Gasteiger partial charge in [-0.1, -0.05) is 0 Å². The summed E-state index contributed by atoms with van der Waals surface area (Å²) in [6, 6.07) is 0. The summed E-state index contributed by atoms with van der Waals surface area (Å²) in [5.41, 5.74) is -0.679. The third-order valence-electron chi connectivity index (χ3n) is 4.28. The number of aliphatic imine (C=N–C) groups is 1. The molecule has 2 unspecified atom stereocenters. The van der Waals surface area contributed by atoms with Crippen molar-refractivity contribution in [3.63, 3.8) is 0 Å². The Morgan fingerprint density at radius 1 is 1.52 bits per heavy atom. The van der Waals surface area contributed by atoms with E-state index in [-0.39, 0.29) is 11.9 Å². The van der Waals surface area contributed by atoms with Gasteiger partial charge in [-0.3, -0.25) is 9.79 Å². The number of guanidine groups is 1. The summed E-state index contributed by atoms with van der Waals surface area (Å²) in [5, 5.41) is 13.8. The van der Waals surface area contributed by atoms with Crippen molar-refractivity contribution in [2.45, 2.75) is 38.7 Å². The average molecular weight is 343 g/mol. The maximum Gasteiger partial charge on any atom is 0.310 e. The van der Waals surface area contributed by atoms with Crippen molar-refractivity contribution in [2.75, 3.05) is 44.3 Å². The Hall–Kier alpha value is -0.950. The van der Waals surface area contributed by atoms with E-state index in [0.717, 1.165) is 49.8 Å². The highest BCUT2D eigenvalue weighted by Gasteiger charge is 2.33. The average Bonchev–Trinajstić information content (AvgIpc) is 2.99. The van der Waals surface area contributed by atoms with Crippen LogP contribution in [0.4, 0.5) is 0 Å². The van der Waals surface area contributed by atoms with Crippen molar-refractivity contribution in [1.82, 2.24) is 10.2 Å². The summed E-state index contributed by atoms with van der Waals surface area (Å²) in [7, 11) is 0. The van der Waals surface area contributed by atoms with Crippen LogP contribution in [0, 0.1) is 5.92 Å². The van der Waals surface area contributed by atoms with Crippen LogP contribution in [-0.2, 0) is 9.53 Å². The first kappa shape index (κ1) is 18.4. The van der Waals surface area contributed by atoms with Gasteiger partial charge in [0.1, 0.15) is 0 Å². The summed E-state index contributed by atoms with van der Waals surface area (Å²) in [4.78, 5) is 18.8. The second-order valence-corrected chi connectivity index (χ2v) is 7.34. The van der Waals surface area contributed by atoms with Gasteiger partial charge >= 0.3 is 5.97 Å². The number of ether oxygens (including phenoxy) is 1. The lowest BCUT2D eigenvalue weighted by Gasteiger charge is -2.34. The van der Waals surface area contributed by atoms with Gasteiger partial charge in [-0.05, 0) is 38.9 Å². The second-order valence-electron chi connectivity index (χ2n) is 6.23. The van der Waals surface area contributed by atoms with Crippen molar-refractivity contribution in [1.29, 1.82) is 0 Å². The molecule has 2 atom stereocenters. The molecule has 23 heavy (non-hydrogen) atoms. The quantitative estimate of drug-likeness (QED) is 0.442. The van der Waals surface area contributed by atoms with Crippen LogP contribution in [-0.4, -0.2) is 71.8 Å². The molecule has 0 aromatic carbocycles. The monoisotopic (exact) mass is 343 g/mol. The fraction of sp³-hybridized carbons (Fsp3) is 0.875. The molecule has 2 saturated heterocycles. The molecule has 2 rings (SSSR count). The van der Waals surface area contributed by atoms with E-state index in [1.807, 2.05) is 13.8 Å². The molecule has 0 aliphatic carbocycles. The lowest BCUT2D eigenvalue weighted by molar-refractivity contribution is -0.149. The van der Waals surface area contributed by atoms with Crippen molar-refractivity contribution >= 4 is 23.7 Å². The summed E-state index contributed by atoms with van der Waals surface area (Å²) < 4.78 is 5.16. The van der Waals surface area contributed by atoms with E-state index < -0.39 is 5.60 Å². The molecule has 0 aromatic heterocycles. The SMILES string of the molecule is CCNC(=NCC1(O)CCSC1)N1CCCC(C(=O)OCC)C1. The van der Waals surface area contributed by atoms with E-state index in [9.17, 15) is 9.90 Å². The van der Waals surface area contributed by atoms with E-state index in [2.05, 4.69) is 15.2 Å². The fourth-order valence-electron chi connectivity index (χ4n) is 2.99. The van der Waals surface area contributed by atoms with Crippen molar-refractivity contribution in [3.05, 3.63) is 0 Å². The standard InChI is InChI=1S/C16H29N3O3S/c1-3-17-15(18-11-16(21)7-9-23-12-16)19-8-5-6-13(10-19)14(20)22-4-2/h13,21H,3-12H2,1-2H3,(H,17,18). The normalized spacial score (nSPS) is 28.7. The van der Waals surface area contributed by atoms with E-state index in [1.165, 1.54) is 0 Å². The molecule has 6 nitrogen and oxygen atoms in total. The smallest absolute Gasteiger partial charge is 0.310 e. The Bertz CT molecular complexity index is 425. The number of aliphatic hydroxyl groups is 1. The van der Waals surface area contributed by atoms with Crippen molar-refractivity contribution in [3.8, 4) is 0 Å². The third kappa shape index (κ3) is 5.28. The van der Waals surface area contributed by atoms with Gasteiger partial charge in [0.05, 0.1) is 24.7 Å².